The molecule has 0 N–H and O–H groups in total. The molecule has 2 heterocycles. The zero-order valence-electron chi connectivity index (χ0n) is 15.1. The molecule has 4 nitrogen and oxygen atoms in total. The van der Waals surface area contributed by atoms with Crippen LogP contribution in [0, 0.1) is 5.92 Å². The van der Waals surface area contributed by atoms with Crippen molar-refractivity contribution in [3.05, 3.63) is 78.0 Å². The van der Waals surface area contributed by atoms with Gasteiger partial charge in [-0.05, 0) is 18.4 Å². The van der Waals surface area contributed by atoms with E-state index >= 15 is 0 Å². The van der Waals surface area contributed by atoms with Crippen molar-refractivity contribution in [1.82, 2.24) is 5.16 Å². The summed E-state index contributed by atoms with van der Waals surface area (Å²) in [6.45, 7) is 0. The highest BCUT2D eigenvalue weighted by Gasteiger charge is 2.38. The fourth-order valence-electron chi connectivity index (χ4n) is 4.38. The second kappa shape index (κ2) is 7.03. The van der Waals surface area contributed by atoms with Gasteiger partial charge >= 0.3 is 0 Å². The van der Waals surface area contributed by atoms with Crippen molar-refractivity contribution in [2.45, 2.75) is 37.7 Å². The Labute approximate surface area is 158 Å². The minimum absolute atomic E-state index is 0.0413. The second-order valence-corrected chi connectivity index (χ2v) is 7.42. The van der Waals surface area contributed by atoms with Crippen LogP contribution in [0.4, 0.5) is 0 Å². The van der Waals surface area contributed by atoms with Crippen LogP contribution in [0.1, 0.15) is 49.0 Å². The predicted octanol–water partition coefficient (Wildman–Crippen LogP) is 5.74. The molecule has 5 rings (SSSR count). The summed E-state index contributed by atoms with van der Waals surface area (Å²) >= 11 is 0. The molecule has 4 heteroatoms. The van der Waals surface area contributed by atoms with E-state index in [1.165, 1.54) is 17.7 Å². The lowest BCUT2D eigenvalue weighted by molar-refractivity contribution is 0.0856. The standard InChI is InChI=1S/C23H22N2O2/c1-3-8-16(9-4-1)22-14-20(24-26-22)18-12-7-13-19(18)21-15-23(27-25-21)17-10-5-2-6-11-17/h1-6,8-11,14,18-19,23H,7,12-13,15H2/t18-,19-,23?/m1/s1. The van der Waals surface area contributed by atoms with Gasteiger partial charge in [0.15, 0.2) is 11.9 Å². The third kappa shape index (κ3) is 3.16. The van der Waals surface area contributed by atoms with Crippen LogP contribution in [-0.2, 0) is 4.84 Å². The van der Waals surface area contributed by atoms with E-state index in [1.54, 1.807) is 0 Å². The van der Waals surface area contributed by atoms with E-state index in [4.69, 9.17) is 9.36 Å². The zero-order valence-corrected chi connectivity index (χ0v) is 15.1. The average molecular weight is 358 g/mol. The number of hydrogen-bond donors (Lipinski definition) is 0. The van der Waals surface area contributed by atoms with Gasteiger partial charge < -0.3 is 9.36 Å². The fraction of sp³-hybridized carbons (Fsp3) is 0.304. The Morgan fingerprint density at radius 1 is 0.852 bits per heavy atom. The van der Waals surface area contributed by atoms with Gasteiger partial charge in [-0.2, -0.15) is 0 Å². The fourth-order valence-corrected chi connectivity index (χ4v) is 4.38. The SMILES string of the molecule is c1ccc(-c2cc([C@@H]3CCC[C@H]3C3=NOC(c4ccccc4)C3)no2)cc1. The molecule has 27 heavy (non-hydrogen) atoms. The van der Waals surface area contributed by atoms with Gasteiger partial charge in [0.05, 0.1) is 11.4 Å². The molecular formula is C23H22N2O2. The molecule has 136 valence electrons. The summed E-state index contributed by atoms with van der Waals surface area (Å²) in [7, 11) is 0. The molecule has 0 bridgehead atoms. The van der Waals surface area contributed by atoms with Crippen molar-refractivity contribution >= 4 is 5.71 Å². The molecule has 2 aliphatic rings. The van der Waals surface area contributed by atoms with Crippen LogP contribution in [-0.4, -0.2) is 10.9 Å². The van der Waals surface area contributed by atoms with Gasteiger partial charge in [-0.25, -0.2) is 0 Å². The van der Waals surface area contributed by atoms with Crippen LogP contribution in [0.25, 0.3) is 11.3 Å². The van der Waals surface area contributed by atoms with Gasteiger partial charge in [0.1, 0.15) is 0 Å². The summed E-state index contributed by atoms with van der Waals surface area (Å²) in [6, 6.07) is 22.6. The van der Waals surface area contributed by atoms with E-state index in [-0.39, 0.29) is 6.10 Å². The average Bonchev–Trinajstić information content (AvgIpc) is 3.48. The minimum Gasteiger partial charge on any atom is -0.387 e. The lowest BCUT2D eigenvalue weighted by atomic mass is 9.86. The summed E-state index contributed by atoms with van der Waals surface area (Å²) in [6.07, 6.45) is 4.37. The Morgan fingerprint density at radius 3 is 2.41 bits per heavy atom. The van der Waals surface area contributed by atoms with E-state index in [9.17, 15) is 0 Å². The third-order valence-electron chi connectivity index (χ3n) is 5.77. The van der Waals surface area contributed by atoms with E-state index in [0.717, 1.165) is 36.3 Å². The van der Waals surface area contributed by atoms with Crippen molar-refractivity contribution in [3.63, 3.8) is 0 Å². The highest BCUT2D eigenvalue weighted by molar-refractivity contribution is 5.89. The molecule has 1 aromatic heterocycles. The van der Waals surface area contributed by atoms with Crippen molar-refractivity contribution in [2.75, 3.05) is 0 Å². The zero-order chi connectivity index (χ0) is 18.1. The van der Waals surface area contributed by atoms with Crippen LogP contribution in [0.15, 0.2) is 76.4 Å². The molecule has 2 aromatic carbocycles. The Hall–Kier alpha value is -2.88. The van der Waals surface area contributed by atoms with Gasteiger partial charge in [0.25, 0.3) is 0 Å². The maximum absolute atomic E-state index is 5.77. The van der Waals surface area contributed by atoms with Crippen LogP contribution < -0.4 is 0 Å². The lowest BCUT2D eigenvalue weighted by Crippen LogP contribution is -2.17. The van der Waals surface area contributed by atoms with Gasteiger partial charge in [0.2, 0.25) is 0 Å². The Balaban J connectivity index is 1.34. The number of benzene rings is 2. The smallest absolute Gasteiger partial charge is 0.167 e. The number of aromatic nitrogens is 1. The summed E-state index contributed by atoms with van der Waals surface area (Å²) in [4.78, 5) is 5.77. The Kier molecular flexibility index (Phi) is 4.24. The quantitative estimate of drug-likeness (QED) is 0.597. The van der Waals surface area contributed by atoms with Crippen molar-refractivity contribution in [1.29, 1.82) is 0 Å². The largest absolute Gasteiger partial charge is 0.387 e. The first-order chi connectivity index (χ1) is 13.4. The lowest BCUT2D eigenvalue weighted by Gasteiger charge is -2.16. The number of rotatable bonds is 4. The molecule has 1 saturated carbocycles. The molecule has 1 fully saturated rings. The first kappa shape index (κ1) is 16.3. The van der Waals surface area contributed by atoms with Crippen molar-refractivity contribution in [2.24, 2.45) is 11.1 Å². The molecule has 1 unspecified atom stereocenters. The number of oxime groups is 1. The van der Waals surface area contributed by atoms with E-state index in [0.29, 0.717) is 11.8 Å². The van der Waals surface area contributed by atoms with E-state index in [2.05, 4.69) is 52.8 Å². The van der Waals surface area contributed by atoms with Crippen LogP contribution >= 0.6 is 0 Å². The van der Waals surface area contributed by atoms with E-state index < -0.39 is 0 Å². The van der Waals surface area contributed by atoms with Crippen molar-refractivity contribution in [3.8, 4) is 11.3 Å². The van der Waals surface area contributed by atoms with Crippen LogP contribution in [0.3, 0.4) is 0 Å². The first-order valence-electron chi connectivity index (χ1n) is 9.68. The Bertz CT molecular complexity index is 933. The van der Waals surface area contributed by atoms with Crippen LogP contribution in [0.5, 0.6) is 0 Å². The first-order valence-corrected chi connectivity index (χ1v) is 9.68. The number of hydrogen-bond acceptors (Lipinski definition) is 4. The maximum Gasteiger partial charge on any atom is 0.167 e. The molecular weight excluding hydrogens is 336 g/mol. The highest BCUT2D eigenvalue weighted by atomic mass is 16.6. The van der Waals surface area contributed by atoms with Crippen molar-refractivity contribution < 1.29 is 9.36 Å². The molecule has 0 spiro atoms. The Morgan fingerprint density at radius 2 is 1.59 bits per heavy atom. The summed E-state index contributed by atoms with van der Waals surface area (Å²) in [5.41, 5.74) is 4.48. The minimum atomic E-state index is 0.0413. The van der Waals surface area contributed by atoms with Gasteiger partial charge in [-0.15, -0.1) is 0 Å². The van der Waals surface area contributed by atoms with Gasteiger partial charge in [-0.1, -0.05) is 77.4 Å². The molecule has 3 atom stereocenters. The van der Waals surface area contributed by atoms with Gasteiger partial charge in [0, 0.05) is 29.9 Å². The summed E-state index contributed by atoms with van der Waals surface area (Å²) in [5.74, 6) is 1.60. The molecule has 1 aliphatic heterocycles. The maximum atomic E-state index is 5.77. The van der Waals surface area contributed by atoms with Gasteiger partial charge in [-0.3, -0.25) is 0 Å². The predicted molar refractivity (Wildman–Crippen MR) is 104 cm³/mol. The summed E-state index contributed by atoms with van der Waals surface area (Å²) < 4.78 is 5.64. The third-order valence-corrected chi connectivity index (χ3v) is 5.77. The topological polar surface area (TPSA) is 47.6 Å². The molecule has 0 radical (unpaired) electrons. The monoisotopic (exact) mass is 358 g/mol. The van der Waals surface area contributed by atoms with E-state index in [1.807, 2.05) is 24.3 Å². The number of nitrogens with zero attached hydrogens (tertiary/aromatic N) is 2. The molecule has 0 amide bonds. The van der Waals surface area contributed by atoms with Crippen LogP contribution in [0.2, 0.25) is 0 Å². The normalized spacial score (nSPS) is 24.6. The second-order valence-electron chi connectivity index (χ2n) is 7.42. The summed E-state index contributed by atoms with van der Waals surface area (Å²) in [5, 5.41) is 8.88. The molecule has 0 saturated heterocycles. The molecule has 3 aromatic rings. The molecule has 1 aliphatic carbocycles. The highest BCUT2D eigenvalue weighted by Crippen LogP contribution is 2.44.